The summed E-state index contributed by atoms with van der Waals surface area (Å²) in [6.07, 6.45) is 2.02. The molecule has 118 valence electrons. The van der Waals surface area contributed by atoms with E-state index in [9.17, 15) is 13.2 Å². The van der Waals surface area contributed by atoms with Gasteiger partial charge in [0.05, 0.1) is 11.9 Å². The Labute approximate surface area is 126 Å². The zero-order valence-corrected chi connectivity index (χ0v) is 13.8. The first-order chi connectivity index (χ1) is 9.71. The molecular formula is C14H23N3O3S. The topological polar surface area (TPSA) is 69.7 Å². The molecule has 7 heteroatoms. The number of benzene rings is 1. The smallest absolute Gasteiger partial charge is 0.251 e. The lowest BCUT2D eigenvalue weighted by molar-refractivity contribution is 0.0952. The van der Waals surface area contributed by atoms with E-state index in [1.807, 2.05) is 14.1 Å². The number of amides is 1. The van der Waals surface area contributed by atoms with Crippen molar-refractivity contribution in [3.63, 3.8) is 0 Å². The molecule has 1 amide bonds. The number of hydrogen-bond acceptors (Lipinski definition) is 4. The van der Waals surface area contributed by atoms with Crippen LogP contribution in [-0.4, -0.2) is 59.7 Å². The van der Waals surface area contributed by atoms with Crippen molar-refractivity contribution in [1.82, 2.24) is 10.2 Å². The number of anilines is 1. The van der Waals surface area contributed by atoms with Crippen molar-refractivity contribution in [2.24, 2.45) is 0 Å². The van der Waals surface area contributed by atoms with Gasteiger partial charge in [0.1, 0.15) is 0 Å². The van der Waals surface area contributed by atoms with Gasteiger partial charge in [-0.25, -0.2) is 8.42 Å². The summed E-state index contributed by atoms with van der Waals surface area (Å²) < 4.78 is 24.0. The average Bonchev–Trinajstić information content (AvgIpc) is 2.41. The predicted octanol–water partition coefficient (Wildman–Crippen LogP) is 0.764. The van der Waals surface area contributed by atoms with Gasteiger partial charge in [-0.1, -0.05) is 0 Å². The number of nitrogens with zero attached hydrogens (tertiary/aromatic N) is 2. The normalized spacial score (nSPS) is 11.5. The van der Waals surface area contributed by atoms with E-state index < -0.39 is 10.0 Å². The lowest BCUT2D eigenvalue weighted by atomic mass is 10.2. The Balaban J connectivity index is 2.60. The van der Waals surface area contributed by atoms with Crippen molar-refractivity contribution in [3.05, 3.63) is 29.8 Å². The first-order valence-electron chi connectivity index (χ1n) is 6.68. The maximum absolute atomic E-state index is 11.9. The molecular weight excluding hydrogens is 290 g/mol. The summed E-state index contributed by atoms with van der Waals surface area (Å²) in [7, 11) is 2.16. The molecule has 0 radical (unpaired) electrons. The van der Waals surface area contributed by atoms with Crippen molar-refractivity contribution >= 4 is 21.6 Å². The van der Waals surface area contributed by atoms with E-state index in [0.717, 1.165) is 19.2 Å². The van der Waals surface area contributed by atoms with E-state index in [4.69, 9.17) is 0 Å². The average molecular weight is 313 g/mol. The summed E-state index contributed by atoms with van der Waals surface area (Å²) in [5.41, 5.74) is 1.05. The summed E-state index contributed by atoms with van der Waals surface area (Å²) in [5.74, 6) is -0.151. The van der Waals surface area contributed by atoms with E-state index >= 15 is 0 Å². The first-order valence-corrected chi connectivity index (χ1v) is 8.53. The Morgan fingerprint density at radius 3 is 2.19 bits per heavy atom. The standard InChI is InChI=1S/C14H23N3O3S/c1-16(2)11-5-10-15-14(18)12-6-8-13(9-7-12)17(3)21(4,19)20/h6-9H,5,10-11H2,1-4H3,(H,15,18). The first kappa shape index (κ1) is 17.5. The number of hydrogen-bond donors (Lipinski definition) is 1. The maximum Gasteiger partial charge on any atom is 0.251 e. The van der Waals surface area contributed by atoms with E-state index in [2.05, 4.69) is 10.2 Å². The molecule has 21 heavy (non-hydrogen) atoms. The van der Waals surface area contributed by atoms with E-state index in [1.54, 1.807) is 24.3 Å². The number of rotatable bonds is 7. The van der Waals surface area contributed by atoms with Crippen LogP contribution in [0.3, 0.4) is 0 Å². The molecule has 0 atom stereocenters. The minimum Gasteiger partial charge on any atom is -0.352 e. The Kier molecular flexibility index (Phi) is 6.17. The second kappa shape index (κ2) is 7.42. The molecule has 6 nitrogen and oxygen atoms in total. The van der Waals surface area contributed by atoms with E-state index in [1.165, 1.54) is 11.4 Å². The van der Waals surface area contributed by atoms with Gasteiger partial charge in [0.25, 0.3) is 5.91 Å². The van der Waals surface area contributed by atoms with Crippen LogP contribution >= 0.6 is 0 Å². The molecule has 1 aromatic carbocycles. The van der Waals surface area contributed by atoms with Gasteiger partial charge in [0.15, 0.2) is 0 Å². The van der Waals surface area contributed by atoms with Crippen LogP contribution in [0.2, 0.25) is 0 Å². The molecule has 0 aliphatic rings. The van der Waals surface area contributed by atoms with Gasteiger partial charge >= 0.3 is 0 Å². The SMILES string of the molecule is CN(C)CCCNC(=O)c1ccc(N(C)S(C)(=O)=O)cc1. The van der Waals surface area contributed by atoms with Crippen LogP contribution in [0.5, 0.6) is 0 Å². The summed E-state index contributed by atoms with van der Waals surface area (Å²) in [6, 6.07) is 6.49. The summed E-state index contributed by atoms with van der Waals surface area (Å²) in [6.45, 7) is 1.53. The maximum atomic E-state index is 11.9. The zero-order chi connectivity index (χ0) is 16.0. The molecule has 1 rings (SSSR count). The minimum atomic E-state index is -3.29. The molecule has 0 heterocycles. The molecule has 0 fully saturated rings. The van der Waals surface area contributed by atoms with Crippen LogP contribution in [0.25, 0.3) is 0 Å². The van der Waals surface area contributed by atoms with Crippen LogP contribution < -0.4 is 9.62 Å². The van der Waals surface area contributed by atoms with Gasteiger partial charge in [0.2, 0.25) is 10.0 Å². The molecule has 0 aliphatic heterocycles. The van der Waals surface area contributed by atoms with Crippen LogP contribution in [-0.2, 0) is 10.0 Å². The molecule has 1 N–H and O–H groups in total. The largest absolute Gasteiger partial charge is 0.352 e. The highest BCUT2D eigenvalue weighted by Crippen LogP contribution is 2.16. The van der Waals surface area contributed by atoms with Crippen molar-refractivity contribution in [3.8, 4) is 0 Å². The molecule has 0 bridgehead atoms. The molecule has 0 aromatic heterocycles. The third-order valence-electron chi connectivity index (χ3n) is 3.06. The molecule has 0 aliphatic carbocycles. The van der Waals surface area contributed by atoms with Crippen LogP contribution in [0, 0.1) is 0 Å². The van der Waals surface area contributed by atoms with Gasteiger partial charge < -0.3 is 10.2 Å². The Bertz CT molecular complexity index is 568. The highest BCUT2D eigenvalue weighted by Gasteiger charge is 2.12. The van der Waals surface area contributed by atoms with Gasteiger partial charge in [-0.05, 0) is 51.3 Å². The Hall–Kier alpha value is -1.60. The van der Waals surface area contributed by atoms with Gasteiger partial charge in [-0.2, -0.15) is 0 Å². The molecule has 0 unspecified atom stereocenters. The molecule has 0 saturated carbocycles. The number of carbonyl (C=O) groups is 1. The van der Waals surface area contributed by atoms with Crippen LogP contribution in [0.1, 0.15) is 16.8 Å². The second-order valence-corrected chi connectivity index (χ2v) is 7.20. The third-order valence-corrected chi connectivity index (χ3v) is 4.26. The number of nitrogens with one attached hydrogen (secondary N) is 1. The van der Waals surface area contributed by atoms with Crippen molar-refractivity contribution in [2.45, 2.75) is 6.42 Å². The predicted molar refractivity (Wildman–Crippen MR) is 85.2 cm³/mol. The van der Waals surface area contributed by atoms with Crippen LogP contribution in [0.4, 0.5) is 5.69 Å². The fraction of sp³-hybridized carbons (Fsp3) is 0.500. The lowest BCUT2D eigenvalue weighted by Crippen LogP contribution is -2.27. The second-order valence-electron chi connectivity index (χ2n) is 5.19. The molecule has 1 aromatic rings. The lowest BCUT2D eigenvalue weighted by Gasteiger charge is -2.16. The monoisotopic (exact) mass is 313 g/mol. The zero-order valence-electron chi connectivity index (χ0n) is 13.0. The van der Waals surface area contributed by atoms with Crippen LogP contribution in [0.15, 0.2) is 24.3 Å². The van der Waals surface area contributed by atoms with Crippen molar-refractivity contribution < 1.29 is 13.2 Å². The van der Waals surface area contributed by atoms with Gasteiger partial charge in [-0.3, -0.25) is 9.10 Å². The number of sulfonamides is 1. The third kappa shape index (κ3) is 5.73. The van der Waals surface area contributed by atoms with E-state index in [-0.39, 0.29) is 5.91 Å². The van der Waals surface area contributed by atoms with Gasteiger partial charge in [0, 0.05) is 19.2 Å². The van der Waals surface area contributed by atoms with Crippen molar-refractivity contribution in [2.75, 3.05) is 44.8 Å². The highest BCUT2D eigenvalue weighted by atomic mass is 32.2. The van der Waals surface area contributed by atoms with Gasteiger partial charge in [-0.15, -0.1) is 0 Å². The summed E-state index contributed by atoms with van der Waals surface area (Å²) >= 11 is 0. The molecule has 0 saturated heterocycles. The Morgan fingerprint density at radius 1 is 1.14 bits per heavy atom. The Morgan fingerprint density at radius 2 is 1.71 bits per heavy atom. The molecule has 0 spiro atoms. The highest BCUT2D eigenvalue weighted by molar-refractivity contribution is 7.92. The van der Waals surface area contributed by atoms with Crippen molar-refractivity contribution in [1.29, 1.82) is 0 Å². The fourth-order valence-electron chi connectivity index (χ4n) is 1.71. The van der Waals surface area contributed by atoms with E-state index in [0.29, 0.717) is 17.8 Å². The summed E-state index contributed by atoms with van der Waals surface area (Å²) in [5, 5.41) is 2.84. The minimum absolute atomic E-state index is 0.151. The number of carbonyl (C=O) groups excluding carboxylic acids is 1. The quantitative estimate of drug-likeness (QED) is 0.755. The fourth-order valence-corrected chi connectivity index (χ4v) is 2.22. The summed E-state index contributed by atoms with van der Waals surface area (Å²) in [4.78, 5) is 14.0.